The molecule has 0 unspecified atom stereocenters. The number of nitrogen functional groups attached to an aromatic ring is 1. The first kappa shape index (κ1) is 35.4. The average Bonchev–Trinajstić information content (AvgIpc) is 2.91. The van der Waals surface area contributed by atoms with Crippen LogP contribution in [-0.4, -0.2) is 56.3 Å². The molecule has 2 aromatic heterocycles. The van der Waals surface area contributed by atoms with E-state index >= 15 is 0 Å². The SMILES string of the molecule is CCN(CC)CC.Cc1cc(OCc2ccc(F)cc2F)c(Br)c(=O)n1Cc1cnc(N)cn1.O=C(O)C(F)(F)F. The van der Waals surface area contributed by atoms with Crippen molar-refractivity contribution in [1.82, 2.24) is 19.4 Å². The molecule has 0 aliphatic heterocycles. The summed E-state index contributed by atoms with van der Waals surface area (Å²) in [4.78, 5) is 32.0. The Kier molecular flexibility index (Phi) is 14.4. The third kappa shape index (κ3) is 11.8. The number of benzene rings is 1. The van der Waals surface area contributed by atoms with Gasteiger partial charge >= 0.3 is 12.1 Å². The smallest absolute Gasteiger partial charge is 0.487 e. The summed E-state index contributed by atoms with van der Waals surface area (Å²) in [6.45, 7) is 11.9. The Bertz CT molecular complexity index is 1330. The van der Waals surface area contributed by atoms with Crippen LogP contribution in [-0.2, 0) is 17.9 Å². The van der Waals surface area contributed by atoms with Crippen LogP contribution in [0.2, 0.25) is 0 Å². The topological polar surface area (TPSA) is 124 Å². The zero-order valence-corrected chi connectivity index (χ0v) is 24.4. The molecular weight excluding hydrogens is 621 g/mol. The summed E-state index contributed by atoms with van der Waals surface area (Å²) in [7, 11) is 0. The highest BCUT2D eigenvalue weighted by Crippen LogP contribution is 2.24. The number of aliphatic carboxylic acids is 1. The number of rotatable bonds is 8. The van der Waals surface area contributed by atoms with Crippen molar-refractivity contribution in [2.45, 2.75) is 47.0 Å². The Hall–Kier alpha value is -3.59. The van der Waals surface area contributed by atoms with Gasteiger partial charge in [-0.05, 0) is 54.6 Å². The van der Waals surface area contributed by atoms with Crippen LogP contribution in [0.3, 0.4) is 0 Å². The molecule has 41 heavy (non-hydrogen) atoms. The third-order valence-electron chi connectivity index (χ3n) is 5.44. The summed E-state index contributed by atoms with van der Waals surface area (Å²) in [5.41, 5.74) is 6.56. The molecule has 226 valence electrons. The summed E-state index contributed by atoms with van der Waals surface area (Å²) in [6, 6.07) is 4.88. The minimum atomic E-state index is -5.08. The Morgan fingerprint density at radius 3 is 2.12 bits per heavy atom. The minimum absolute atomic E-state index is 0.142. The molecule has 3 aromatic rings. The van der Waals surface area contributed by atoms with Gasteiger partial charge < -0.3 is 25.0 Å². The molecule has 15 heteroatoms. The molecule has 0 saturated carbocycles. The number of hydrogen-bond acceptors (Lipinski definition) is 7. The molecule has 0 fully saturated rings. The molecule has 0 aliphatic carbocycles. The van der Waals surface area contributed by atoms with Crippen molar-refractivity contribution in [3.05, 3.63) is 80.1 Å². The Morgan fingerprint density at radius 2 is 1.68 bits per heavy atom. The van der Waals surface area contributed by atoms with Crippen LogP contribution in [0.15, 0.2) is 45.9 Å². The number of aromatic nitrogens is 3. The summed E-state index contributed by atoms with van der Waals surface area (Å²) >= 11 is 3.23. The quantitative estimate of drug-likeness (QED) is 0.320. The largest absolute Gasteiger partial charge is 0.490 e. The number of anilines is 1. The van der Waals surface area contributed by atoms with Gasteiger partial charge in [0.05, 0.1) is 24.6 Å². The molecular formula is C26H31BrF5N5O4. The van der Waals surface area contributed by atoms with Crippen LogP contribution in [0.1, 0.15) is 37.7 Å². The van der Waals surface area contributed by atoms with Crippen LogP contribution in [0.5, 0.6) is 5.75 Å². The predicted octanol–water partition coefficient (Wildman–Crippen LogP) is 5.18. The van der Waals surface area contributed by atoms with E-state index < -0.39 is 23.8 Å². The van der Waals surface area contributed by atoms with Crippen LogP contribution >= 0.6 is 15.9 Å². The molecule has 0 radical (unpaired) electrons. The molecule has 0 aliphatic rings. The molecule has 0 saturated heterocycles. The zero-order chi connectivity index (χ0) is 31.3. The van der Waals surface area contributed by atoms with Crippen LogP contribution in [0, 0.1) is 18.6 Å². The zero-order valence-electron chi connectivity index (χ0n) is 22.8. The van der Waals surface area contributed by atoms with Crippen molar-refractivity contribution < 1.29 is 36.6 Å². The van der Waals surface area contributed by atoms with Gasteiger partial charge in [0, 0.05) is 23.4 Å². The van der Waals surface area contributed by atoms with E-state index in [9.17, 15) is 26.7 Å². The van der Waals surface area contributed by atoms with E-state index in [1.807, 2.05) is 0 Å². The Labute approximate surface area is 241 Å². The number of carboxylic acid groups (broad SMARTS) is 1. The number of hydrogen-bond donors (Lipinski definition) is 2. The molecule has 0 spiro atoms. The van der Waals surface area contributed by atoms with E-state index in [0.717, 1.165) is 12.1 Å². The molecule has 9 nitrogen and oxygen atoms in total. The van der Waals surface area contributed by atoms with Crippen molar-refractivity contribution >= 4 is 27.7 Å². The highest BCUT2D eigenvalue weighted by atomic mass is 79.9. The van der Waals surface area contributed by atoms with E-state index in [4.69, 9.17) is 20.4 Å². The second-order valence-corrected chi connectivity index (χ2v) is 9.03. The van der Waals surface area contributed by atoms with Gasteiger partial charge in [0.15, 0.2) is 0 Å². The lowest BCUT2D eigenvalue weighted by atomic mass is 10.2. The monoisotopic (exact) mass is 651 g/mol. The fraction of sp³-hybridized carbons (Fsp3) is 0.385. The van der Waals surface area contributed by atoms with Gasteiger partial charge in [0.1, 0.15) is 34.3 Å². The van der Waals surface area contributed by atoms with E-state index in [2.05, 4.69) is 51.6 Å². The van der Waals surface area contributed by atoms with Crippen LogP contribution < -0.4 is 16.0 Å². The molecule has 2 heterocycles. The van der Waals surface area contributed by atoms with E-state index in [-0.39, 0.29) is 34.5 Å². The number of carboxylic acids is 1. The highest BCUT2D eigenvalue weighted by molar-refractivity contribution is 9.10. The van der Waals surface area contributed by atoms with Gasteiger partial charge in [-0.25, -0.2) is 18.6 Å². The fourth-order valence-corrected chi connectivity index (χ4v) is 3.53. The molecule has 0 bridgehead atoms. The van der Waals surface area contributed by atoms with Crippen LogP contribution in [0.25, 0.3) is 0 Å². The molecule has 3 N–H and O–H groups in total. The average molecular weight is 652 g/mol. The first-order chi connectivity index (χ1) is 19.1. The van der Waals surface area contributed by atoms with Gasteiger partial charge in [-0.2, -0.15) is 13.2 Å². The molecule has 1 aromatic carbocycles. The van der Waals surface area contributed by atoms with E-state index in [1.54, 1.807) is 13.0 Å². The second-order valence-electron chi connectivity index (χ2n) is 8.23. The number of nitrogens with zero attached hydrogens (tertiary/aromatic N) is 4. The van der Waals surface area contributed by atoms with Gasteiger partial charge in [0.2, 0.25) is 0 Å². The normalized spacial score (nSPS) is 10.8. The summed E-state index contributed by atoms with van der Waals surface area (Å²) in [5.74, 6) is -3.58. The van der Waals surface area contributed by atoms with Gasteiger partial charge in [-0.3, -0.25) is 9.78 Å². The number of carbonyl (C=O) groups is 1. The Morgan fingerprint density at radius 1 is 1.10 bits per heavy atom. The number of pyridine rings is 1. The number of nitrogens with two attached hydrogens (primary N) is 1. The lowest BCUT2D eigenvalue weighted by Gasteiger charge is -2.14. The van der Waals surface area contributed by atoms with Gasteiger partial charge in [0.25, 0.3) is 5.56 Å². The van der Waals surface area contributed by atoms with Crippen molar-refractivity contribution in [3.63, 3.8) is 0 Å². The van der Waals surface area contributed by atoms with Gasteiger partial charge in [-0.1, -0.05) is 20.8 Å². The molecule has 3 rings (SSSR count). The number of ether oxygens (including phenoxy) is 1. The summed E-state index contributed by atoms with van der Waals surface area (Å²) in [6.07, 6.45) is -2.17. The van der Waals surface area contributed by atoms with Crippen molar-refractivity contribution in [2.24, 2.45) is 0 Å². The second kappa shape index (κ2) is 16.6. The number of alkyl halides is 3. The maximum atomic E-state index is 13.7. The summed E-state index contributed by atoms with van der Waals surface area (Å²) in [5, 5.41) is 7.12. The van der Waals surface area contributed by atoms with E-state index in [1.165, 1.54) is 42.7 Å². The van der Waals surface area contributed by atoms with Crippen molar-refractivity contribution in [2.75, 3.05) is 25.4 Å². The lowest BCUT2D eigenvalue weighted by Crippen LogP contribution is -2.24. The van der Waals surface area contributed by atoms with Crippen molar-refractivity contribution in [3.8, 4) is 5.75 Å². The van der Waals surface area contributed by atoms with E-state index in [0.29, 0.717) is 17.2 Å². The van der Waals surface area contributed by atoms with Crippen LogP contribution in [0.4, 0.5) is 27.8 Å². The fourth-order valence-electron chi connectivity index (χ4n) is 3.09. The summed E-state index contributed by atoms with van der Waals surface area (Å²) < 4.78 is 65.7. The third-order valence-corrected chi connectivity index (χ3v) is 6.17. The molecule has 0 atom stereocenters. The van der Waals surface area contributed by atoms with Crippen molar-refractivity contribution in [1.29, 1.82) is 0 Å². The first-order valence-electron chi connectivity index (χ1n) is 12.2. The standard InChI is InChI=1S/C18H15BrF2N4O2.C6H15N.C2HF3O2/c1-10-4-15(27-9-11-2-3-12(20)5-14(11)21)17(19)18(26)25(10)8-13-6-24-16(22)7-23-13;1-4-7(5-2)6-3;3-2(4,5)1(6)7/h2-7H,8-9H2,1H3,(H2,22,24);4-6H2,1-3H3;(H,6,7). The van der Waals surface area contributed by atoms with Gasteiger partial charge in [-0.15, -0.1) is 0 Å². The lowest BCUT2D eigenvalue weighted by molar-refractivity contribution is -0.192. The highest BCUT2D eigenvalue weighted by Gasteiger charge is 2.38. The minimum Gasteiger partial charge on any atom is -0.487 e. The maximum Gasteiger partial charge on any atom is 0.490 e. The Balaban J connectivity index is 0.000000497. The number of halogens is 6. The first-order valence-corrected chi connectivity index (χ1v) is 13.0. The number of aryl methyl sites for hydroxylation is 1. The molecule has 0 amide bonds. The maximum absolute atomic E-state index is 13.7. The predicted molar refractivity (Wildman–Crippen MR) is 147 cm³/mol.